The average Bonchev–Trinajstić information content (AvgIpc) is 3.75. The summed E-state index contributed by atoms with van der Waals surface area (Å²) in [5.41, 5.74) is -6.34. The summed E-state index contributed by atoms with van der Waals surface area (Å²) in [4.78, 5) is 42.5. The summed E-state index contributed by atoms with van der Waals surface area (Å²) in [5.74, 6) is -6.52. The van der Waals surface area contributed by atoms with E-state index in [-0.39, 0.29) is 42.8 Å². The maximum absolute atomic E-state index is 15.5. The highest BCUT2D eigenvalue weighted by atomic mass is 35.5. The van der Waals surface area contributed by atoms with Crippen molar-refractivity contribution in [2.45, 2.75) is 81.3 Å². The third kappa shape index (κ3) is 11.0. The van der Waals surface area contributed by atoms with Crippen molar-refractivity contribution in [3.8, 4) is 23.0 Å². The molecule has 0 bridgehead atoms. The Morgan fingerprint density at radius 1 is 1.03 bits per heavy atom. The molecule has 7 rings (SSSR count). The minimum absolute atomic E-state index is 0.0341. The lowest BCUT2D eigenvalue weighted by atomic mass is 9.93. The SMILES string of the molecule is CC(C)(C#Cc1ccc(-c2ccc(Cl)c3c(CN(C(=O)CNC(=O)O)S(=O)[O-])nn(CC(F)(F)F)c23)c(C(Cc2cc(F)cc(F)c2)NC(=O)Cn2nc(C(F)(F)F)c3c2C(F)(F)[C@@H]2C[C@H]32)n1)S(C)(=O)=O. The minimum atomic E-state index is -5.23. The molecular weight excluding hydrogens is 1030 g/mol. The summed E-state index contributed by atoms with van der Waals surface area (Å²) in [5, 5.41) is 19.5. The number of sulfone groups is 1. The summed E-state index contributed by atoms with van der Waals surface area (Å²) < 4.78 is 195. The Kier molecular flexibility index (Phi) is 13.8. The number of carboxylic acid groups (broad SMARTS) is 1. The van der Waals surface area contributed by atoms with Crippen LogP contribution in [0.1, 0.15) is 71.8 Å². The van der Waals surface area contributed by atoms with E-state index in [1.54, 1.807) is 5.32 Å². The molecule has 5 aromatic rings. The van der Waals surface area contributed by atoms with Crippen LogP contribution in [0.4, 0.5) is 48.7 Å². The Bertz CT molecular complexity index is 3200. The normalized spacial score (nSPS) is 17.2. The Labute approximate surface area is 402 Å². The highest BCUT2D eigenvalue weighted by molar-refractivity contribution is 7.92. The van der Waals surface area contributed by atoms with Gasteiger partial charge in [0, 0.05) is 40.3 Å². The Morgan fingerprint density at radius 2 is 1.68 bits per heavy atom. The molecule has 0 saturated heterocycles. The van der Waals surface area contributed by atoms with E-state index >= 15 is 8.78 Å². The quantitative estimate of drug-likeness (QED) is 0.0605. The van der Waals surface area contributed by atoms with E-state index in [0.29, 0.717) is 10.7 Å². The molecule has 0 radical (unpaired) electrons. The lowest BCUT2D eigenvalue weighted by Crippen LogP contribution is -2.40. The number of benzene rings is 2. The summed E-state index contributed by atoms with van der Waals surface area (Å²) in [6, 6.07) is 4.80. The van der Waals surface area contributed by atoms with Crippen molar-refractivity contribution < 1.29 is 80.6 Å². The first-order chi connectivity index (χ1) is 32.8. The molecule has 2 aliphatic carbocycles. The monoisotopic (exact) mass is 1070 g/mol. The fraction of sp³-hybridized carbons (Fsp3) is 0.381. The summed E-state index contributed by atoms with van der Waals surface area (Å²) in [7, 11) is -3.91. The van der Waals surface area contributed by atoms with Gasteiger partial charge in [0.05, 0.1) is 45.8 Å². The smallest absolute Gasteiger partial charge is 0.435 e. The summed E-state index contributed by atoms with van der Waals surface area (Å²) in [6.07, 6.45) is -12.2. The van der Waals surface area contributed by atoms with Crippen molar-refractivity contribution in [2.75, 3.05) is 12.8 Å². The number of hydrogen-bond acceptors (Lipinski definition) is 10. The number of hydrogen-bond donors (Lipinski definition) is 3. The Morgan fingerprint density at radius 3 is 2.27 bits per heavy atom. The van der Waals surface area contributed by atoms with Gasteiger partial charge in [0.1, 0.15) is 47.4 Å². The van der Waals surface area contributed by atoms with Crippen molar-refractivity contribution in [3.05, 3.63) is 98.7 Å². The van der Waals surface area contributed by atoms with Crippen LogP contribution in [0, 0.1) is 29.4 Å². The van der Waals surface area contributed by atoms with Gasteiger partial charge in [-0.15, -0.1) is 0 Å². The van der Waals surface area contributed by atoms with E-state index in [4.69, 9.17) is 16.7 Å². The molecule has 2 aromatic carbocycles. The number of rotatable bonds is 14. The number of alkyl halides is 8. The number of nitrogens with one attached hydrogen (secondary N) is 2. The highest BCUT2D eigenvalue weighted by Crippen LogP contribution is 2.68. The third-order valence-electron chi connectivity index (χ3n) is 11.5. The molecule has 0 aliphatic heterocycles. The molecule has 71 heavy (non-hydrogen) atoms. The van der Waals surface area contributed by atoms with E-state index < -0.39 is 163 Å². The zero-order valence-corrected chi connectivity index (χ0v) is 38.9. The molecule has 3 N–H and O–H groups in total. The molecule has 380 valence electrons. The first-order valence-electron chi connectivity index (χ1n) is 20.4. The fourth-order valence-electron chi connectivity index (χ4n) is 8.06. The lowest BCUT2D eigenvalue weighted by Gasteiger charge is -2.24. The van der Waals surface area contributed by atoms with Crippen LogP contribution in [0.25, 0.3) is 22.0 Å². The van der Waals surface area contributed by atoms with Crippen LogP contribution in [0.5, 0.6) is 0 Å². The van der Waals surface area contributed by atoms with Gasteiger partial charge >= 0.3 is 18.4 Å². The van der Waals surface area contributed by atoms with Crippen LogP contribution in [0.2, 0.25) is 5.02 Å². The molecular formula is C42H34ClF10N8O8S2-. The second kappa shape index (κ2) is 18.7. The van der Waals surface area contributed by atoms with Crippen molar-refractivity contribution in [3.63, 3.8) is 0 Å². The number of halogens is 11. The average molecular weight is 1070 g/mol. The first kappa shape index (κ1) is 52.5. The predicted molar refractivity (Wildman–Crippen MR) is 228 cm³/mol. The Hall–Kier alpha value is -6.31. The van der Waals surface area contributed by atoms with Crippen LogP contribution in [-0.2, 0) is 68.8 Å². The van der Waals surface area contributed by atoms with Gasteiger partial charge in [0.15, 0.2) is 15.5 Å². The second-order valence-corrected chi connectivity index (χ2v) is 20.8. The number of nitrogens with zero attached hydrogens (tertiary/aromatic N) is 6. The van der Waals surface area contributed by atoms with Gasteiger partial charge in [-0.25, -0.2) is 27.0 Å². The number of carbonyl (C=O) groups is 3. The largest absolute Gasteiger partial charge is 0.755 e. The van der Waals surface area contributed by atoms with E-state index in [1.807, 2.05) is 0 Å². The maximum atomic E-state index is 15.5. The van der Waals surface area contributed by atoms with Crippen LogP contribution in [0.3, 0.4) is 0 Å². The van der Waals surface area contributed by atoms with Gasteiger partial charge in [0.25, 0.3) is 11.8 Å². The van der Waals surface area contributed by atoms with Gasteiger partial charge in [-0.05, 0) is 74.4 Å². The van der Waals surface area contributed by atoms with Crippen LogP contribution in [-0.4, -0.2) is 92.8 Å². The molecule has 29 heteroatoms. The molecule has 16 nitrogen and oxygen atoms in total. The fourth-order valence-corrected chi connectivity index (χ4v) is 9.02. The molecule has 1 saturated carbocycles. The van der Waals surface area contributed by atoms with Crippen molar-refractivity contribution in [2.24, 2.45) is 5.92 Å². The van der Waals surface area contributed by atoms with Gasteiger partial charge < -0.3 is 20.3 Å². The van der Waals surface area contributed by atoms with E-state index in [0.717, 1.165) is 42.7 Å². The number of amides is 3. The molecule has 2 unspecified atom stereocenters. The molecule has 3 aromatic heterocycles. The second-order valence-electron chi connectivity index (χ2n) is 16.9. The lowest BCUT2D eigenvalue weighted by molar-refractivity contribution is -0.143. The van der Waals surface area contributed by atoms with E-state index in [2.05, 4.69) is 32.3 Å². The van der Waals surface area contributed by atoms with Crippen LogP contribution >= 0.6 is 11.6 Å². The van der Waals surface area contributed by atoms with Crippen molar-refractivity contribution >= 4 is 61.5 Å². The molecule has 1 fully saturated rings. The summed E-state index contributed by atoms with van der Waals surface area (Å²) >= 11 is 3.06. The third-order valence-corrected chi connectivity index (χ3v) is 14.5. The maximum Gasteiger partial charge on any atom is 0.435 e. The number of fused-ring (bicyclic) bond motifs is 4. The number of carbonyl (C=O) groups excluding carboxylic acids is 2. The minimum Gasteiger partial charge on any atom is -0.755 e. The number of aromatic nitrogens is 5. The van der Waals surface area contributed by atoms with Crippen LogP contribution < -0.4 is 10.6 Å². The molecule has 4 atom stereocenters. The number of pyridine rings is 1. The van der Waals surface area contributed by atoms with E-state index in [9.17, 15) is 66.7 Å². The Balaban J connectivity index is 1.45. The first-order valence-corrected chi connectivity index (χ1v) is 23.7. The van der Waals surface area contributed by atoms with Crippen molar-refractivity contribution in [1.82, 2.24) is 39.5 Å². The van der Waals surface area contributed by atoms with Gasteiger partial charge in [-0.1, -0.05) is 23.6 Å². The topological polar surface area (TPSA) is 222 Å². The van der Waals surface area contributed by atoms with Gasteiger partial charge in [-0.2, -0.15) is 45.3 Å². The molecule has 3 heterocycles. The highest BCUT2D eigenvalue weighted by Gasteiger charge is 2.68. The van der Waals surface area contributed by atoms with E-state index in [1.165, 1.54) is 13.8 Å². The van der Waals surface area contributed by atoms with Gasteiger partial charge in [0.2, 0.25) is 5.91 Å². The zero-order valence-electron chi connectivity index (χ0n) is 36.5. The standard InChI is InChI=1S/C42H35ClF10N8O8S2/c1-39(2,71(3,68)69)9-8-22-4-5-23(24-6-7-27(43)33-29(57-60(35(24)33)18-40(46,47)48)16-61(70(66)67)31(63)15-54-38(64)65)34(55-22)28(12-19-10-20(44)13-21(45)11-19)56-30(62)17-59-37-32(36(58-59)42(51,52)53)25-14-26(25)41(37,49)50/h4-7,10-11,13,25-26,28,54H,12,14-18H2,1-3H3,(H,56,62)(H,64,65)(H,66,67)/p-1/t25-,26+,28?/m0/s1. The van der Waals surface area contributed by atoms with Gasteiger partial charge in [-0.3, -0.25) is 27.5 Å². The zero-order chi connectivity index (χ0) is 52.5. The van der Waals surface area contributed by atoms with Crippen molar-refractivity contribution in [1.29, 1.82) is 0 Å². The molecule has 3 amide bonds. The molecule has 2 aliphatic rings. The summed E-state index contributed by atoms with van der Waals surface area (Å²) in [6.45, 7) is -3.02. The predicted octanol–water partition coefficient (Wildman–Crippen LogP) is 6.68. The van der Waals surface area contributed by atoms with Crippen LogP contribution in [0.15, 0.2) is 42.5 Å². The molecule has 0 spiro atoms.